The fraction of sp³-hybridized carbons (Fsp3) is 0.0588. The highest BCUT2D eigenvalue weighted by Crippen LogP contribution is 2.30. The molecule has 0 fully saturated rings. The van der Waals surface area contributed by atoms with E-state index >= 15 is 0 Å². The molecule has 0 radical (unpaired) electrons. The van der Waals surface area contributed by atoms with Gasteiger partial charge in [-0.3, -0.25) is 0 Å². The van der Waals surface area contributed by atoms with Gasteiger partial charge in [0.15, 0.2) is 5.69 Å². The van der Waals surface area contributed by atoms with Crippen molar-refractivity contribution in [2.24, 2.45) is 0 Å². The molecule has 0 spiro atoms. The van der Waals surface area contributed by atoms with Gasteiger partial charge in [-0.25, -0.2) is 4.98 Å². The van der Waals surface area contributed by atoms with Crippen molar-refractivity contribution in [3.05, 3.63) is 53.2 Å². The maximum absolute atomic E-state index is 9.33. The highest BCUT2D eigenvalue weighted by atomic mass is 32.1. The van der Waals surface area contributed by atoms with Crippen LogP contribution in [0.3, 0.4) is 0 Å². The second-order valence-corrected chi connectivity index (χ2v) is 6.33. The Hall–Kier alpha value is -3.04. The number of nitrogens with zero attached hydrogens (tertiary/aromatic N) is 4. The topological polar surface area (TPSA) is 74.5 Å². The van der Waals surface area contributed by atoms with Crippen LogP contribution >= 0.6 is 11.3 Å². The van der Waals surface area contributed by atoms with Crippen LogP contribution in [-0.2, 0) is 0 Å². The average molecular weight is 317 g/mol. The van der Waals surface area contributed by atoms with Crippen molar-refractivity contribution in [2.45, 2.75) is 6.92 Å². The fourth-order valence-electron chi connectivity index (χ4n) is 2.52. The molecule has 110 valence electrons. The minimum absolute atomic E-state index is 0.282. The number of fused-ring (bicyclic) bond motifs is 2. The molecular formula is C17H11N5S. The maximum atomic E-state index is 9.33. The van der Waals surface area contributed by atoms with E-state index in [1.165, 1.54) is 0 Å². The molecule has 0 atom stereocenters. The molecular weight excluding hydrogens is 306 g/mol. The van der Waals surface area contributed by atoms with Crippen molar-refractivity contribution in [2.75, 3.05) is 5.32 Å². The molecule has 1 N–H and O–H groups in total. The lowest BCUT2D eigenvalue weighted by atomic mass is 10.1. The molecule has 0 aliphatic heterocycles. The van der Waals surface area contributed by atoms with Gasteiger partial charge in [0.1, 0.15) is 6.07 Å². The first-order chi connectivity index (χ1) is 11.2. The molecule has 0 saturated carbocycles. The second-order valence-electron chi connectivity index (χ2n) is 5.09. The summed E-state index contributed by atoms with van der Waals surface area (Å²) in [5.41, 5.74) is 3.60. The summed E-state index contributed by atoms with van der Waals surface area (Å²) >= 11 is 1.65. The quantitative estimate of drug-likeness (QED) is 0.601. The van der Waals surface area contributed by atoms with Gasteiger partial charge in [-0.1, -0.05) is 18.2 Å². The van der Waals surface area contributed by atoms with Crippen LogP contribution in [0, 0.1) is 18.3 Å². The zero-order valence-corrected chi connectivity index (χ0v) is 13.1. The van der Waals surface area contributed by atoms with Crippen molar-refractivity contribution in [3.63, 3.8) is 0 Å². The highest BCUT2D eigenvalue weighted by Gasteiger charge is 2.11. The molecule has 4 rings (SSSR count). The van der Waals surface area contributed by atoms with Crippen molar-refractivity contribution < 1.29 is 0 Å². The summed E-state index contributed by atoms with van der Waals surface area (Å²) in [6.45, 7) is 1.99. The number of anilines is 2. The number of nitrogens with one attached hydrogen (secondary N) is 1. The van der Waals surface area contributed by atoms with Crippen LogP contribution in [0.25, 0.3) is 21.1 Å². The molecule has 0 amide bonds. The minimum Gasteiger partial charge on any atom is -0.352 e. The van der Waals surface area contributed by atoms with Crippen molar-refractivity contribution >= 4 is 43.8 Å². The number of aryl methyl sites for hydroxylation is 1. The molecule has 0 bridgehead atoms. The van der Waals surface area contributed by atoms with Gasteiger partial charge >= 0.3 is 0 Å². The fourth-order valence-corrected chi connectivity index (χ4v) is 3.39. The number of aromatic nitrogens is 3. The molecule has 2 heterocycles. The number of hydrogen-bond acceptors (Lipinski definition) is 6. The van der Waals surface area contributed by atoms with Gasteiger partial charge in [-0.2, -0.15) is 5.26 Å². The summed E-state index contributed by atoms with van der Waals surface area (Å²) in [6, 6.07) is 15.7. The third-order valence-electron chi connectivity index (χ3n) is 3.54. The molecule has 23 heavy (non-hydrogen) atoms. The molecule has 0 aliphatic carbocycles. The van der Waals surface area contributed by atoms with E-state index in [0.29, 0.717) is 5.69 Å². The zero-order chi connectivity index (χ0) is 15.8. The summed E-state index contributed by atoms with van der Waals surface area (Å²) in [5, 5.41) is 22.7. The van der Waals surface area contributed by atoms with Crippen molar-refractivity contribution in [1.29, 1.82) is 5.26 Å². The molecule has 0 aliphatic rings. The normalized spacial score (nSPS) is 10.8. The highest BCUT2D eigenvalue weighted by molar-refractivity contribution is 7.18. The van der Waals surface area contributed by atoms with Gasteiger partial charge in [0, 0.05) is 11.1 Å². The van der Waals surface area contributed by atoms with Crippen LogP contribution in [-0.4, -0.2) is 15.2 Å². The van der Waals surface area contributed by atoms with Crippen molar-refractivity contribution in [3.8, 4) is 6.07 Å². The Morgan fingerprint density at radius 3 is 2.83 bits per heavy atom. The predicted octanol–water partition coefficient (Wildman–Crippen LogP) is 4.16. The van der Waals surface area contributed by atoms with E-state index in [9.17, 15) is 5.26 Å². The maximum Gasteiger partial charge on any atom is 0.187 e. The number of thiazole rings is 1. The van der Waals surface area contributed by atoms with E-state index in [1.54, 1.807) is 11.3 Å². The van der Waals surface area contributed by atoms with Crippen LogP contribution in [0.5, 0.6) is 0 Å². The Morgan fingerprint density at radius 1 is 1.09 bits per heavy atom. The van der Waals surface area contributed by atoms with Gasteiger partial charge < -0.3 is 5.32 Å². The van der Waals surface area contributed by atoms with E-state index in [0.717, 1.165) is 31.8 Å². The predicted molar refractivity (Wildman–Crippen MR) is 91.9 cm³/mol. The summed E-state index contributed by atoms with van der Waals surface area (Å²) < 4.78 is 1.11. The van der Waals surface area contributed by atoms with Crippen LogP contribution in [0.2, 0.25) is 0 Å². The van der Waals surface area contributed by atoms with Gasteiger partial charge in [0.25, 0.3) is 0 Å². The molecule has 4 aromatic rings. The summed E-state index contributed by atoms with van der Waals surface area (Å²) in [6.07, 6.45) is 0. The molecule has 6 heteroatoms. The molecule has 2 aromatic carbocycles. The largest absolute Gasteiger partial charge is 0.352 e. The first-order valence-corrected chi connectivity index (χ1v) is 7.86. The standard InChI is InChI=1S/C17H11N5S/c1-10-19-14-7-6-11(8-16(14)23-10)20-17-12-4-2-3-5-13(12)21-22-15(17)9-18/h2-8H,1H3,(H,20,21). The van der Waals surface area contributed by atoms with Gasteiger partial charge in [-0.05, 0) is 31.2 Å². The first kappa shape index (κ1) is 13.6. The molecule has 2 aromatic heterocycles. The monoisotopic (exact) mass is 317 g/mol. The summed E-state index contributed by atoms with van der Waals surface area (Å²) in [4.78, 5) is 4.46. The Balaban J connectivity index is 1.86. The average Bonchev–Trinajstić information content (AvgIpc) is 2.94. The van der Waals surface area contributed by atoms with E-state index in [-0.39, 0.29) is 5.69 Å². The molecule has 0 saturated heterocycles. The van der Waals surface area contributed by atoms with Gasteiger partial charge in [-0.15, -0.1) is 21.5 Å². The minimum atomic E-state index is 0.282. The summed E-state index contributed by atoms with van der Waals surface area (Å²) in [7, 11) is 0. The van der Waals surface area contributed by atoms with Gasteiger partial charge in [0.05, 0.1) is 26.4 Å². The number of hydrogen-bond donors (Lipinski definition) is 1. The first-order valence-electron chi connectivity index (χ1n) is 7.04. The van der Waals surface area contributed by atoms with Gasteiger partial charge in [0.2, 0.25) is 0 Å². The second kappa shape index (κ2) is 5.30. The van der Waals surface area contributed by atoms with Crippen LogP contribution in [0.1, 0.15) is 10.7 Å². The van der Waals surface area contributed by atoms with Crippen LogP contribution < -0.4 is 5.32 Å². The number of rotatable bonds is 2. The third kappa shape index (κ3) is 2.37. The smallest absolute Gasteiger partial charge is 0.187 e. The molecule has 0 unspecified atom stereocenters. The lowest BCUT2D eigenvalue weighted by Gasteiger charge is -2.10. The Kier molecular flexibility index (Phi) is 3.14. The van der Waals surface area contributed by atoms with Crippen LogP contribution in [0.4, 0.5) is 11.4 Å². The lowest BCUT2D eigenvalue weighted by molar-refractivity contribution is 1.05. The van der Waals surface area contributed by atoms with E-state index in [1.807, 2.05) is 49.4 Å². The third-order valence-corrected chi connectivity index (χ3v) is 4.47. The van der Waals surface area contributed by atoms with E-state index in [4.69, 9.17) is 0 Å². The Bertz CT molecular complexity index is 1080. The van der Waals surface area contributed by atoms with E-state index in [2.05, 4.69) is 26.6 Å². The lowest BCUT2D eigenvalue weighted by Crippen LogP contribution is -1.99. The van der Waals surface area contributed by atoms with Crippen molar-refractivity contribution in [1.82, 2.24) is 15.2 Å². The Morgan fingerprint density at radius 2 is 1.96 bits per heavy atom. The molecule has 5 nitrogen and oxygen atoms in total. The zero-order valence-electron chi connectivity index (χ0n) is 12.2. The summed E-state index contributed by atoms with van der Waals surface area (Å²) in [5.74, 6) is 0. The number of benzene rings is 2. The Labute approximate surface area is 136 Å². The number of nitriles is 1. The SMILES string of the molecule is Cc1nc2ccc(Nc3c(C#N)nnc4ccccc34)cc2s1. The van der Waals surface area contributed by atoms with E-state index < -0.39 is 0 Å². The van der Waals surface area contributed by atoms with Crippen LogP contribution in [0.15, 0.2) is 42.5 Å².